The Morgan fingerprint density at radius 3 is 2.29 bits per heavy atom. The van der Waals surface area contributed by atoms with E-state index in [0.29, 0.717) is 12.1 Å². The van der Waals surface area contributed by atoms with Crippen molar-refractivity contribution >= 4 is 0 Å². The summed E-state index contributed by atoms with van der Waals surface area (Å²) in [7, 11) is 1.86. The van der Waals surface area contributed by atoms with Crippen molar-refractivity contribution in [1.82, 2.24) is 5.32 Å². The van der Waals surface area contributed by atoms with Gasteiger partial charge in [0.05, 0.1) is 6.10 Å². The lowest BCUT2D eigenvalue weighted by Crippen LogP contribution is -2.46. The Balaban J connectivity index is 1.81. The quantitative estimate of drug-likeness (QED) is 0.750. The minimum Gasteiger partial charge on any atom is -0.380 e. The van der Waals surface area contributed by atoms with E-state index >= 15 is 0 Å². The van der Waals surface area contributed by atoms with Gasteiger partial charge in [-0.15, -0.1) is 0 Å². The van der Waals surface area contributed by atoms with Gasteiger partial charge in [0.15, 0.2) is 0 Å². The maximum absolute atomic E-state index is 5.55. The summed E-state index contributed by atoms with van der Waals surface area (Å²) in [6.07, 6.45) is 11.4. The zero-order chi connectivity index (χ0) is 9.80. The number of nitrogens with one attached hydrogen (secondary N) is 1. The van der Waals surface area contributed by atoms with Gasteiger partial charge in [0.2, 0.25) is 0 Å². The van der Waals surface area contributed by atoms with Crippen molar-refractivity contribution < 1.29 is 4.74 Å². The molecule has 0 radical (unpaired) electrons. The van der Waals surface area contributed by atoms with Gasteiger partial charge in [0.1, 0.15) is 0 Å². The van der Waals surface area contributed by atoms with Crippen LogP contribution in [0.2, 0.25) is 0 Å². The molecule has 2 aliphatic carbocycles. The molecule has 0 aromatic carbocycles. The van der Waals surface area contributed by atoms with Crippen LogP contribution in [0.5, 0.6) is 0 Å². The Bertz CT molecular complexity index is 166. The third kappa shape index (κ3) is 2.48. The molecule has 0 heterocycles. The van der Waals surface area contributed by atoms with Crippen molar-refractivity contribution in [2.24, 2.45) is 0 Å². The summed E-state index contributed by atoms with van der Waals surface area (Å²) < 4.78 is 5.55. The predicted octanol–water partition coefficient (Wildman–Crippen LogP) is 2.48. The molecule has 2 nitrogen and oxygen atoms in total. The number of rotatable bonds is 3. The molecule has 1 N–H and O–H groups in total. The van der Waals surface area contributed by atoms with Crippen molar-refractivity contribution in [3.05, 3.63) is 0 Å². The van der Waals surface area contributed by atoms with E-state index in [0.717, 1.165) is 6.04 Å². The Morgan fingerprint density at radius 1 is 0.929 bits per heavy atom. The number of hydrogen-bond acceptors (Lipinski definition) is 2. The molecule has 2 rings (SSSR count). The first-order valence-corrected chi connectivity index (χ1v) is 6.19. The van der Waals surface area contributed by atoms with Crippen LogP contribution < -0.4 is 5.32 Å². The van der Waals surface area contributed by atoms with Crippen LogP contribution in [0.4, 0.5) is 0 Å². The summed E-state index contributed by atoms with van der Waals surface area (Å²) in [4.78, 5) is 0. The van der Waals surface area contributed by atoms with E-state index in [1.54, 1.807) is 0 Å². The van der Waals surface area contributed by atoms with Crippen LogP contribution in [-0.2, 0) is 4.74 Å². The van der Waals surface area contributed by atoms with E-state index < -0.39 is 0 Å². The molecule has 2 atom stereocenters. The van der Waals surface area contributed by atoms with E-state index in [9.17, 15) is 0 Å². The highest BCUT2D eigenvalue weighted by atomic mass is 16.5. The first-order chi connectivity index (χ1) is 6.90. The predicted molar refractivity (Wildman–Crippen MR) is 58.4 cm³/mol. The molecule has 2 saturated carbocycles. The SMILES string of the molecule is CO[C@H]1CCCC[C@@H]1NC1CCCC1. The maximum atomic E-state index is 5.55. The second kappa shape index (κ2) is 5.13. The van der Waals surface area contributed by atoms with Crippen LogP contribution in [0.3, 0.4) is 0 Å². The Hall–Kier alpha value is -0.0800. The molecular formula is C12H23NO. The van der Waals surface area contributed by atoms with Gasteiger partial charge in [0.25, 0.3) is 0 Å². The van der Waals surface area contributed by atoms with Gasteiger partial charge in [-0.05, 0) is 25.7 Å². The van der Waals surface area contributed by atoms with Gasteiger partial charge in [-0.2, -0.15) is 0 Å². The zero-order valence-electron chi connectivity index (χ0n) is 9.30. The van der Waals surface area contributed by atoms with Gasteiger partial charge >= 0.3 is 0 Å². The lowest BCUT2D eigenvalue weighted by Gasteiger charge is -2.33. The monoisotopic (exact) mass is 197 g/mol. The minimum atomic E-state index is 0.476. The van der Waals surface area contributed by atoms with E-state index in [4.69, 9.17) is 4.74 Å². The molecule has 0 saturated heterocycles. The fourth-order valence-electron chi connectivity index (χ4n) is 2.96. The second-order valence-electron chi connectivity index (χ2n) is 4.81. The number of hydrogen-bond donors (Lipinski definition) is 1. The Kier molecular flexibility index (Phi) is 3.82. The minimum absolute atomic E-state index is 0.476. The molecule has 2 aliphatic rings. The first kappa shape index (κ1) is 10.4. The Labute approximate surface area is 87.4 Å². The van der Waals surface area contributed by atoms with Gasteiger partial charge in [-0.3, -0.25) is 0 Å². The third-order valence-corrected chi connectivity index (χ3v) is 3.81. The van der Waals surface area contributed by atoms with E-state index in [1.807, 2.05) is 7.11 Å². The zero-order valence-corrected chi connectivity index (χ0v) is 9.30. The highest BCUT2D eigenvalue weighted by Gasteiger charge is 2.27. The van der Waals surface area contributed by atoms with Crippen molar-refractivity contribution in [2.45, 2.75) is 69.6 Å². The average molecular weight is 197 g/mol. The molecule has 0 aliphatic heterocycles. The molecule has 0 amide bonds. The molecule has 14 heavy (non-hydrogen) atoms. The molecule has 0 bridgehead atoms. The molecule has 2 heteroatoms. The number of ether oxygens (including phenoxy) is 1. The highest BCUT2D eigenvalue weighted by Crippen LogP contribution is 2.24. The summed E-state index contributed by atoms with van der Waals surface area (Å²) in [6.45, 7) is 0. The normalized spacial score (nSPS) is 34.9. The standard InChI is InChI=1S/C12H23NO/c1-14-12-9-5-4-8-11(12)13-10-6-2-3-7-10/h10-13H,2-9H2,1H3/t11-,12-/m0/s1. The number of methoxy groups -OCH3 is 1. The lowest BCUT2D eigenvalue weighted by molar-refractivity contribution is 0.0380. The highest BCUT2D eigenvalue weighted by molar-refractivity contribution is 4.86. The van der Waals surface area contributed by atoms with Crippen LogP contribution in [0.1, 0.15) is 51.4 Å². The molecule has 2 fully saturated rings. The van der Waals surface area contributed by atoms with Crippen LogP contribution in [-0.4, -0.2) is 25.3 Å². The molecule has 0 spiro atoms. The van der Waals surface area contributed by atoms with Crippen molar-refractivity contribution in [3.63, 3.8) is 0 Å². The molecule has 82 valence electrons. The molecular weight excluding hydrogens is 174 g/mol. The van der Waals surface area contributed by atoms with E-state index in [-0.39, 0.29) is 0 Å². The van der Waals surface area contributed by atoms with Crippen molar-refractivity contribution in [3.8, 4) is 0 Å². The van der Waals surface area contributed by atoms with Gasteiger partial charge < -0.3 is 10.1 Å². The van der Waals surface area contributed by atoms with Crippen LogP contribution in [0.15, 0.2) is 0 Å². The smallest absolute Gasteiger partial charge is 0.0724 e. The fourth-order valence-corrected chi connectivity index (χ4v) is 2.96. The molecule has 0 aromatic heterocycles. The maximum Gasteiger partial charge on any atom is 0.0724 e. The summed E-state index contributed by atoms with van der Waals surface area (Å²) in [5, 5.41) is 3.79. The topological polar surface area (TPSA) is 21.3 Å². The largest absolute Gasteiger partial charge is 0.380 e. The van der Waals surface area contributed by atoms with Crippen molar-refractivity contribution in [1.29, 1.82) is 0 Å². The van der Waals surface area contributed by atoms with Gasteiger partial charge in [-0.1, -0.05) is 25.7 Å². The summed E-state index contributed by atoms with van der Waals surface area (Å²) >= 11 is 0. The summed E-state index contributed by atoms with van der Waals surface area (Å²) in [5.41, 5.74) is 0. The lowest BCUT2D eigenvalue weighted by atomic mass is 9.91. The van der Waals surface area contributed by atoms with E-state index in [1.165, 1.54) is 51.4 Å². The second-order valence-corrected chi connectivity index (χ2v) is 4.81. The summed E-state index contributed by atoms with van der Waals surface area (Å²) in [6, 6.07) is 1.42. The van der Waals surface area contributed by atoms with E-state index in [2.05, 4.69) is 5.32 Å². The van der Waals surface area contributed by atoms with Gasteiger partial charge in [0, 0.05) is 19.2 Å². The Morgan fingerprint density at radius 2 is 1.57 bits per heavy atom. The third-order valence-electron chi connectivity index (χ3n) is 3.81. The molecule has 0 unspecified atom stereocenters. The fraction of sp³-hybridized carbons (Fsp3) is 1.00. The van der Waals surface area contributed by atoms with Gasteiger partial charge in [-0.25, -0.2) is 0 Å². The van der Waals surface area contributed by atoms with Crippen LogP contribution in [0.25, 0.3) is 0 Å². The van der Waals surface area contributed by atoms with Crippen LogP contribution >= 0.6 is 0 Å². The average Bonchev–Trinajstić information content (AvgIpc) is 2.71. The molecule has 0 aromatic rings. The van der Waals surface area contributed by atoms with Crippen LogP contribution in [0, 0.1) is 0 Å². The van der Waals surface area contributed by atoms with Crippen molar-refractivity contribution in [2.75, 3.05) is 7.11 Å². The summed E-state index contributed by atoms with van der Waals surface area (Å²) in [5.74, 6) is 0. The first-order valence-electron chi connectivity index (χ1n) is 6.19.